The van der Waals surface area contributed by atoms with E-state index in [-0.39, 0.29) is 17.5 Å². The number of nitrogens with two attached hydrogens (primary N) is 1. The van der Waals surface area contributed by atoms with Crippen molar-refractivity contribution in [1.82, 2.24) is 0 Å². The molecule has 2 aliphatic heterocycles. The average molecular weight is 279 g/mol. The van der Waals surface area contributed by atoms with Crippen LogP contribution in [-0.4, -0.2) is 25.4 Å². The summed E-state index contributed by atoms with van der Waals surface area (Å²) < 4.78 is 24.7. The third-order valence-electron chi connectivity index (χ3n) is 4.70. The molecule has 2 heterocycles. The van der Waals surface area contributed by atoms with Gasteiger partial charge in [0.2, 0.25) is 0 Å². The van der Waals surface area contributed by atoms with Crippen LogP contribution in [0.3, 0.4) is 0 Å². The van der Waals surface area contributed by atoms with Crippen LogP contribution in [0.4, 0.5) is 4.39 Å². The monoisotopic (exact) mass is 279 g/mol. The molecule has 0 radical (unpaired) electrons. The molecular formula is C16H22FNO2. The number of ether oxygens (including phenoxy) is 2. The number of benzene rings is 1. The molecule has 1 aromatic carbocycles. The lowest BCUT2D eigenvalue weighted by Crippen LogP contribution is -2.43. The van der Waals surface area contributed by atoms with E-state index in [0.29, 0.717) is 12.5 Å². The molecule has 0 amide bonds. The van der Waals surface area contributed by atoms with Gasteiger partial charge in [0.25, 0.3) is 0 Å². The SMILES string of the molecule is Cc1cc(F)ccc1C(N)C1CCOC2(CCOC2)C1. The Morgan fingerprint density at radius 1 is 1.40 bits per heavy atom. The maximum absolute atomic E-state index is 13.2. The molecule has 0 aromatic heterocycles. The lowest BCUT2D eigenvalue weighted by Gasteiger charge is -2.39. The zero-order valence-electron chi connectivity index (χ0n) is 11.9. The molecule has 1 aromatic rings. The van der Waals surface area contributed by atoms with Crippen LogP contribution in [0.15, 0.2) is 18.2 Å². The smallest absolute Gasteiger partial charge is 0.123 e. The van der Waals surface area contributed by atoms with Gasteiger partial charge in [0.1, 0.15) is 5.82 Å². The summed E-state index contributed by atoms with van der Waals surface area (Å²) in [6.07, 6.45) is 2.85. The van der Waals surface area contributed by atoms with Crippen LogP contribution in [0.1, 0.15) is 36.4 Å². The minimum atomic E-state index is -0.203. The fourth-order valence-corrected chi connectivity index (χ4v) is 3.50. The summed E-state index contributed by atoms with van der Waals surface area (Å²) in [5, 5.41) is 0. The second-order valence-corrected chi connectivity index (χ2v) is 6.11. The Morgan fingerprint density at radius 3 is 2.95 bits per heavy atom. The van der Waals surface area contributed by atoms with Crippen LogP contribution in [0.5, 0.6) is 0 Å². The summed E-state index contributed by atoms with van der Waals surface area (Å²) in [5.74, 6) is 0.167. The number of hydrogen-bond acceptors (Lipinski definition) is 3. The van der Waals surface area contributed by atoms with Crippen LogP contribution >= 0.6 is 0 Å². The third-order valence-corrected chi connectivity index (χ3v) is 4.70. The Labute approximate surface area is 119 Å². The summed E-state index contributed by atoms with van der Waals surface area (Å²) in [7, 11) is 0. The van der Waals surface area contributed by atoms with Crippen LogP contribution in [0.25, 0.3) is 0 Å². The standard InChI is InChI=1S/C16H22FNO2/c1-11-8-13(17)2-3-14(11)15(18)12-4-6-20-16(9-12)5-7-19-10-16/h2-3,8,12,15H,4-7,9-10,18H2,1H3. The van der Waals surface area contributed by atoms with Gasteiger partial charge in [-0.2, -0.15) is 0 Å². The van der Waals surface area contributed by atoms with Gasteiger partial charge >= 0.3 is 0 Å². The second kappa shape index (κ2) is 5.43. The number of aryl methyl sites for hydroxylation is 1. The molecule has 20 heavy (non-hydrogen) atoms. The van der Waals surface area contributed by atoms with Crippen molar-refractivity contribution in [2.75, 3.05) is 19.8 Å². The van der Waals surface area contributed by atoms with E-state index < -0.39 is 0 Å². The fourth-order valence-electron chi connectivity index (χ4n) is 3.50. The minimum absolute atomic E-state index is 0.0584. The molecule has 110 valence electrons. The Balaban J connectivity index is 1.77. The van der Waals surface area contributed by atoms with E-state index in [0.717, 1.165) is 43.6 Å². The average Bonchev–Trinajstić information content (AvgIpc) is 2.86. The van der Waals surface area contributed by atoms with Gasteiger partial charge in [-0.1, -0.05) is 6.07 Å². The van der Waals surface area contributed by atoms with E-state index in [2.05, 4.69) is 0 Å². The lowest BCUT2D eigenvalue weighted by atomic mass is 9.78. The topological polar surface area (TPSA) is 44.5 Å². The van der Waals surface area contributed by atoms with Gasteiger partial charge in [0.15, 0.2) is 0 Å². The third kappa shape index (κ3) is 2.60. The van der Waals surface area contributed by atoms with E-state index in [1.807, 2.05) is 13.0 Å². The van der Waals surface area contributed by atoms with E-state index >= 15 is 0 Å². The lowest BCUT2D eigenvalue weighted by molar-refractivity contribution is -0.101. The molecule has 4 heteroatoms. The predicted octanol–water partition coefficient (Wildman–Crippen LogP) is 2.72. The summed E-state index contributed by atoms with van der Waals surface area (Å²) in [4.78, 5) is 0. The summed E-state index contributed by atoms with van der Waals surface area (Å²) in [5.41, 5.74) is 8.30. The van der Waals surface area contributed by atoms with Crippen molar-refractivity contribution in [2.24, 2.45) is 11.7 Å². The molecule has 3 rings (SSSR count). The molecular weight excluding hydrogens is 257 g/mol. The van der Waals surface area contributed by atoms with Gasteiger partial charge in [0, 0.05) is 25.7 Å². The molecule has 2 saturated heterocycles. The van der Waals surface area contributed by atoms with E-state index in [4.69, 9.17) is 15.2 Å². The quantitative estimate of drug-likeness (QED) is 0.905. The zero-order valence-corrected chi connectivity index (χ0v) is 11.9. The normalized spacial score (nSPS) is 31.6. The van der Waals surface area contributed by atoms with Crippen molar-refractivity contribution < 1.29 is 13.9 Å². The number of halogens is 1. The van der Waals surface area contributed by atoms with Crippen molar-refractivity contribution in [3.63, 3.8) is 0 Å². The van der Waals surface area contributed by atoms with Gasteiger partial charge in [-0.05, 0) is 48.9 Å². The molecule has 3 unspecified atom stereocenters. The highest BCUT2D eigenvalue weighted by molar-refractivity contribution is 5.30. The Hall–Kier alpha value is -0.970. The Kier molecular flexibility index (Phi) is 3.80. The van der Waals surface area contributed by atoms with Gasteiger partial charge in [-0.3, -0.25) is 0 Å². The molecule has 3 nitrogen and oxygen atoms in total. The van der Waals surface area contributed by atoms with Crippen LogP contribution in [-0.2, 0) is 9.47 Å². The highest BCUT2D eigenvalue weighted by atomic mass is 19.1. The largest absolute Gasteiger partial charge is 0.378 e. The number of rotatable bonds is 2. The summed E-state index contributed by atoms with van der Waals surface area (Å²) in [6.45, 7) is 4.12. The van der Waals surface area contributed by atoms with Gasteiger partial charge in [-0.25, -0.2) is 4.39 Å². The van der Waals surface area contributed by atoms with Gasteiger partial charge in [0.05, 0.1) is 12.2 Å². The first kappa shape index (κ1) is 14.0. The molecule has 2 fully saturated rings. The van der Waals surface area contributed by atoms with Crippen LogP contribution in [0, 0.1) is 18.7 Å². The van der Waals surface area contributed by atoms with Gasteiger partial charge < -0.3 is 15.2 Å². The molecule has 0 saturated carbocycles. The molecule has 0 aliphatic carbocycles. The van der Waals surface area contributed by atoms with E-state index in [1.165, 1.54) is 6.07 Å². The highest BCUT2D eigenvalue weighted by Gasteiger charge is 2.42. The van der Waals surface area contributed by atoms with Crippen LogP contribution in [0.2, 0.25) is 0 Å². The molecule has 2 aliphatic rings. The maximum atomic E-state index is 13.2. The summed E-state index contributed by atoms with van der Waals surface area (Å²) in [6, 6.07) is 4.82. The van der Waals surface area contributed by atoms with Crippen molar-refractivity contribution in [2.45, 2.75) is 37.8 Å². The number of hydrogen-bond donors (Lipinski definition) is 1. The fraction of sp³-hybridized carbons (Fsp3) is 0.625. The maximum Gasteiger partial charge on any atom is 0.123 e. The predicted molar refractivity (Wildman–Crippen MR) is 74.9 cm³/mol. The van der Waals surface area contributed by atoms with Gasteiger partial charge in [-0.15, -0.1) is 0 Å². The Bertz CT molecular complexity index is 485. The second-order valence-electron chi connectivity index (χ2n) is 6.11. The van der Waals surface area contributed by atoms with E-state index in [1.54, 1.807) is 6.07 Å². The summed E-state index contributed by atoms with van der Waals surface area (Å²) >= 11 is 0. The minimum Gasteiger partial charge on any atom is -0.378 e. The molecule has 3 atom stereocenters. The van der Waals surface area contributed by atoms with Crippen molar-refractivity contribution in [3.8, 4) is 0 Å². The zero-order chi connectivity index (χ0) is 14.2. The van der Waals surface area contributed by atoms with Crippen molar-refractivity contribution >= 4 is 0 Å². The first-order valence-corrected chi connectivity index (χ1v) is 7.33. The first-order chi connectivity index (χ1) is 9.60. The first-order valence-electron chi connectivity index (χ1n) is 7.33. The molecule has 0 bridgehead atoms. The van der Waals surface area contributed by atoms with Crippen LogP contribution < -0.4 is 5.73 Å². The molecule has 1 spiro atoms. The van der Waals surface area contributed by atoms with Crippen molar-refractivity contribution in [1.29, 1.82) is 0 Å². The molecule has 2 N–H and O–H groups in total. The Morgan fingerprint density at radius 2 is 2.25 bits per heavy atom. The van der Waals surface area contributed by atoms with Crippen molar-refractivity contribution in [3.05, 3.63) is 35.1 Å². The van der Waals surface area contributed by atoms with E-state index in [9.17, 15) is 4.39 Å². The highest BCUT2D eigenvalue weighted by Crippen LogP contribution is 2.40.